The first-order valence-corrected chi connectivity index (χ1v) is 3.91. The van der Waals surface area contributed by atoms with Crippen LogP contribution < -0.4 is 5.73 Å². The van der Waals surface area contributed by atoms with Gasteiger partial charge in [0.2, 0.25) is 0 Å². The second-order valence-electron chi connectivity index (χ2n) is 3.44. The van der Waals surface area contributed by atoms with Crippen molar-refractivity contribution < 1.29 is 9.47 Å². The Balaban J connectivity index is 2.38. The highest BCUT2D eigenvalue weighted by atomic mass is 16.5. The molecule has 4 heteroatoms. The minimum absolute atomic E-state index is 0.157. The van der Waals surface area contributed by atoms with Crippen molar-refractivity contribution in [2.75, 3.05) is 13.2 Å². The Labute approximate surface area is 71.1 Å². The molecule has 0 bridgehead atoms. The third-order valence-corrected chi connectivity index (χ3v) is 2.42. The molecule has 12 heavy (non-hydrogen) atoms. The van der Waals surface area contributed by atoms with Crippen LogP contribution in [0.25, 0.3) is 0 Å². The van der Waals surface area contributed by atoms with Crippen molar-refractivity contribution in [1.82, 2.24) is 0 Å². The third-order valence-electron chi connectivity index (χ3n) is 2.42. The monoisotopic (exact) mass is 168 g/mol. The summed E-state index contributed by atoms with van der Waals surface area (Å²) in [5, 5.41) is 0. The van der Waals surface area contributed by atoms with Crippen LogP contribution in [0.2, 0.25) is 0 Å². The molecule has 2 rings (SSSR count). The van der Waals surface area contributed by atoms with Crippen LogP contribution in [0.15, 0.2) is 17.3 Å². The fourth-order valence-electron chi connectivity index (χ4n) is 1.69. The molecule has 2 aliphatic rings. The average molecular weight is 168 g/mol. The molecule has 1 fully saturated rings. The van der Waals surface area contributed by atoms with Gasteiger partial charge >= 0.3 is 0 Å². The van der Waals surface area contributed by atoms with E-state index >= 15 is 0 Å². The molecule has 2 heterocycles. The molecule has 66 valence electrons. The minimum atomic E-state index is -0.251. The lowest BCUT2D eigenvalue weighted by atomic mass is 9.88. The molecular weight excluding hydrogens is 156 g/mol. The summed E-state index contributed by atoms with van der Waals surface area (Å²) < 4.78 is 10.4. The van der Waals surface area contributed by atoms with Crippen LogP contribution in [0.3, 0.4) is 0 Å². The number of hydrogen-bond donors (Lipinski definition) is 1. The molecule has 2 N–H and O–H groups in total. The Bertz CT molecular complexity index is 262. The zero-order valence-corrected chi connectivity index (χ0v) is 7.04. The van der Waals surface area contributed by atoms with Crippen molar-refractivity contribution in [3.05, 3.63) is 12.3 Å². The fourth-order valence-corrected chi connectivity index (χ4v) is 1.69. The highest BCUT2D eigenvalue weighted by Gasteiger charge is 2.45. The predicted molar refractivity (Wildman–Crippen MR) is 44.6 cm³/mol. The van der Waals surface area contributed by atoms with Gasteiger partial charge in [-0.05, 0) is 6.92 Å². The van der Waals surface area contributed by atoms with E-state index in [1.165, 1.54) is 0 Å². The maximum absolute atomic E-state index is 5.48. The van der Waals surface area contributed by atoms with Gasteiger partial charge in [0.15, 0.2) is 0 Å². The maximum atomic E-state index is 5.48. The van der Waals surface area contributed by atoms with Gasteiger partial charge in [-0.2, -0.15) is 0 Å². The first-order chi connectivity index (χ1) is 5.62. The molecule has 0 aromatic heterocycles. The van der Waals surface area contributed by atoms with Gasteiger partial charge in [-0.3, -0.25) is 0 Å². The number of nitrogens with two attached hydrogens (primary N) is 1. The van der Waals surface area contributed by atoms with Crippen molar-refractivity contribution in [2.45, 2.75) is 12.5 Å². The van der Waals surface area contributed by atoms with E-state index in [9.17, 15) is 0 Å². The molecular formula is C8H12N2O2. The summed E-state index contributed by atoms with van der Waals surface area (Å²) in [4.78, 5) is 4.21. The molecule has 0 spiro atoms. The van der Waals surface area contributed by atoms with Gasteiger partial charge in [-0.15, -0.1) is 0 Å². The van der Waals surface area contributed by atoms with E-state index in [1.54, 1.807) is 0 Å². The normalized spacial score (nSPS) is 40.2. The predicted octanol–water partition coefficient (Wildman–Crippen LogP) is 0.250. The number of hydrogen-bond acceptors (Lipinski definition) is 4. The number of ether oxygens (including phenoxy) is 2. The lowest BCUT2D eigenvalue weighted by Crippen LogP contribution is -2.41. The molecule has 0 aliphatic carbocycles. The molecule has 0 amide bonds. The van der Waals surface area contributed by atoms with Gasteiger partial charge in [0.1, 0.15) is 5.76 Å². The Kier molecular flexibility index (Phi) is 1.41. The Morgan fingerprint density at radius 1 is 1.75 bits per heavy atom. The number of amidine groups is 1. The van der Waals surface area contributed by atoms with Gasteiger partial charge in [0.05, 0.1) is 24.7 Å². The zero-order chi connectivity index (χ0) is 8.77. The molecule has 2 aliphatic heterocycles. The number of rotatable bonds is 0. The molecule has 0 radical (unpaired) electrons. The molecule has 2 unspecified atom stereocenters. The maximum Gasteiger partial charge on any atom is 0.287 e. The smallest absolute Gasteiger partial charge is 0.287 e. The van der Waals surface area contributed by atoms with Gasteiger partial charge < -0.3 is 15.2 Å². The number of aliphatic imine (C=N–C) groups is 1. The second kappa shape index (κ2) is 2.23. The van der Waals surface area contributed by atoms with Crippen molar-refractivity contribution in [3.8, 4) is 0 Å². The second-order valence-corrected chi connectivity index (χ2v) is 3.44. The summed E-state index contributed by atoms with van der Waals surface area (Å²) >= 11 is 0. The largest absolute Gasteiger partial charge is 0.431 e. The van der Waals surface area contributed by atoms with Crippen LogP contribution in [0.4, 0.5) is 0 Å². The summed E-state index contributed by atoms with van der Waals surface area (Å²) in [6, 6.07) is 0.198. The quantitative estimate of drug-likeness (QED) is 0.564. The molecule has 0 aromatic carbocycles. The first kappa shape index (κ1) is 7.61. The average Bonchev–Trinajstić information content (AvgIpc) is 2.29. The molecule has 0 saturated carbocycles. The van der Waals surface area contributed by atoms with Crippen LogP contribution in [0.5, 0.6) is 0 Å². The summed E-state index contributed by atoms with van der Waals surface area (Å²) in [7, 11) is 0. The fraction of sp³-hybridized carbons (Fsp3) is 0.625. The lowest BCUT2D eigenvalue weighted by Gasteiger charge is -2.30. The van der Waals surface area contributed by atoms with Gasteiger partial charge in [-0.1, -0.05) is 6.58 Å². The Morgan fingerprint density at radius 2 is 2.50 bits per heavy atom. The summed E-state index contributed by atoms with van der Waals surface area (Å²) in [6.45, 7) is 7.02. The van der Waals surface area contributed by atoms with Crippen LogP contribution in [-0.4, -0.2) is 24.8 Å². The number of nitrogens with zero attached hydrogens (tertiary/aromatic N) is 1. The van der Waals surface area contributed by atoms with Crippen molar-refractivity contribution in [3.63, 3.8) is 0 Å². The van der Waals surface area contributed by atoms with Gasteiger partial charge in [0.25, 0.3) is 6.02 Å². The van der Waals surface area contributed by atoms with Crippen LogP contribution in [0, 0.1) is 5.92 Å². The van der Waals surface area contributed by atoms with E-state index in [0.717, 1.165) is 0 Å². The lowest BCUT2D eigenvalue weighted by molar-refractivity contribution is 0.179. The topological polar surface area (TPSA) is 56.8 Å². The van der Waals surface area contributed by atoms with Crippen LogP contribution in [0.1, 0.15) is 6.92 Å². The van der Waals surface area contributed by atoms with E-state index < -0.39 is 0 Å². The third kappa shape index (κ3) is 0.914. The van der Waals surface area contributed by atoms with Crippen LogP contribution >= 0.6 is 0 Å². The first-order valence-electron chi connectivity index (χ1n) is 3.91. The van der Waals surface area contributed by atoms with Gasteiger partial charge in [-0.25, -0.2) is 4.99 Å². The van der Waals surface area contributed by atoms with E-state index in [2.05, 4.69) is 11.6 Å². The highest BCUT2D eigenvalue weighted by molar-refractivity contribution is 5.74. The SMILES string of the molecule is C=C1OC(N)=NC2(C)COCC12. The zero-order valence-electron chi connectivity index (χ0n) is 7.04. The van der Waals surface area contributed by atoms with Gasteiger partial charge in [0, 0.05) is 0 Å². The molecule has 0 aromatic rings. The summed E-state index contributed by atoms with van der Waals surface area (Å²) in [6.07, 6.45) is 0. The highest BCUT2D eigenvalue weighted by Crippen LogP contribution is 2.36. The number of fused-ring (bicyclic) bond motifs is 1. The van der Waals surface area contributed by atoms with Crippen LogP contribution in [-0.2, 0) is 9.47 Å². The van der Waals surface area contributed by atoms with E-state index in [0.29, 0.717) is 19.0 Å². The van der Waals surface area contributed by atoms with E-state index in [4.69, 9.17) is 15.2 Å². The van der Waals surface area contributed by atoms with E-state index in [1.807, 2.05) is 6.92 Å². The summed E-state index contributed by atoms with van der Waals surface area (Å²) in [5.41, 5.74) is 5.23. The Hall–Kier alpha value is -1.03. The minimum Gasteiger partial charge on any atom is -0.431 e. The molecule has 2 atom stereocenters. The molecule has 4 nitrogen and oxygen atoms in total. The standard InChI is InChI=1S/C8H12N2O2/c1-5-6-3-11-4-8(6,2)10-7(9)12-5/h6H,1,3-4H2,2H3,(H2,9,10). The van der Waals surface area contributed by atoms with Crippen molar-refractivity contribution in [2.24, 2.45) is 16.6 Å². The van der Waals surface area contributed by atoms with E-state index in [-0.39, 0.29) is 17.5 Å². The van der Waals surface area contributed by atoms with Crippen molar-refractivity contribution >= 4 is 6.02 Å². The van der Waals surface area contributed by atoms with Crippen molar-refractivity contribution in [1.29, 1.82) is 0 Å². The molecule has 1 saturated heterocycles. The Morgan fingerprint density at radius 3 is 3.25 bits per heavy atom. The summed E-state index contributed by atoms with van der Waals surface area (Å²) in [5.74, 6) is 0.826.